The predicted octanol–water partition coefficient (Wildman–Crippen LogP) is 4.82. The van der Waals surface area contributed by atoms with E-state index in [1.807, 2.05) is 19.1 Å². The molecule has 0 radical (unpaired) electrons. The highest BCUT2D eigenvalue weighted by molar-refractivity contribution is 7.19. The number of aryl methyl sites for hydroxylation is 1. The number of benzene rings is 1. The molecule has 1 aromatic carbocycles. The van der Waals surface area contributed by atoms with Crippen LogP contribution >= 0.6 is 11.3 Å². The molecule has 4 aromatic rings. The maximum Gasteiger partial charge on any atom is 0.238 e. The van der Waals surface area contributed by atoms with Crippen LogP contribution in [0.4, 0.5) is 9.52 Å². The van der Waals surface area contributed by atoms with E-state index >= 15 is 0 Å². The number of pyridine rings is 2. The Morgan fingerprint density at radius 1 is 1.03 bits per heavy atom. The van der Waals surface area contributed by atoms with Gasteiger partial charge in [-0.15, -0.1) is 0 Å². The van der Waals surface area contributed by atoms with Crippen molar-refractivity contribution in [3.05, 3.63) is 96.0 Å². The topological polar surface area (TPSA) is 67.8 Å². The van der Waals surface area contributed by atoms with Gasteiger partial charge >= 0.3 is 0 Å². The van der Waals surface area contributed by atoms with Gasteiger partial charge in [-0.3, -0.25) is 14.8 Å². The van der Waals surface area contributed by atoms with E-state index in [1.54, 1.807) is 49.2 Å². The normalized spacial score (nSPS) is 11.8. The summed E-state index contributed by atoms with van der Waals surface area (Å²) in [5.41, 5.74) is 3.40. The second kappa shape index (κ2) is 8.28. The van der Waals surface area contributed by atoms with E-state index in [2.05, 4.69) is 20.3 Å². The molecule has 7 heteroatoms. The Hall–Kier alpha value is -3.45. The Bertz CT molecular complexity index is 1130. The summed E-state index contributed by atoms with van der Waals surface area (Å²) in [6.45, 7) is 1.97. The van der Waals surface area contributed by atoms with Gasteiger partial charge in [-0.2, -0.15) is 0 Å². The van der Waals surface area contributed by atoms with Gasteiger partial charge in [0.05, 0.1) is 10.8 Å². The summed E-state index contributed by atoms with van der Waals surface area (Å²) in [6.07, 6.45) is 8.55. The van der Waals surface area contributed by atoms with Crippen LogP contribution in [0.25, 0.3) is 10.4 Å². The fourth-order valence-corrected chi connectivity index (χ4v) is 3.83. The molecule has 0 aliphatic carbocycles. The van der Waals surface area contributed by atoms with Gasteiger partial charge in [-0.25, -0.2) is 9.37 Å². The number of anilines is 1. The van der Waals surface area contributed by atoms with E-state index < -0.39 is 5.92 Å². The average molecular weight is 404 g/mol. The summed E-state index contributed by atoms with van der Waals surface area (Å²) in [7, 11) is 0. The van der Waals surface area contributed by atoms with Crippen LogP contribution in [0, 0.1) is 12.7 Å². The molecular weight excluding hydrogens is 387 g/mol. The molecule has 3 heterocycles. The molecule has 5 nitrogen and oxygen atoms in total. The summed E-state index contributed by atoms with van der Waals surface area (Å²) in [5, 5.41) is 3.37. The van der Waals surface area contributed by atoms with Gasteiger partial charge in [0.15, 0.2) is 5.13 Å². The molecule has 0 aliphatic heterocycles. The van der Waals surface area contributed by atoms with Gasteiger partial charge < -0.3 is 5.32 Å². The van der Waals surface area contributed by atoms with E-state index in [4.69, 9.17) is 0 Å². The first-order valence-electron chi connectivity index (χ1n) is 8.94. The van der Waals surface area contributed by atoms with E-state index in [9.17, 15) is 9.18 Å². The number of aromatic nitrogens is 3. The van der Waals surface area contributed by atoms with Gasteiger partial charge in [0.25, 0.3) is 0 Å². The van der Waals surface area contributed by atoms with Crippen molar-refractivity contribution in [1.29, 1.82) is 0 Å². The highest BCUT2D eigenvalue weighted by Crippen LogP contribution is 2.31. The minimum absolute atomic E-state index is 0.257. The standard InChI is InChI=1S/C22H17FN4OS/c1-14-9-17(12-25-10-14)19-13-26-22(29-19)27-21(28)20(16-3-2-8-24-11-16)15-4-6-18(23)7-5-15/h2-13,20H,1H3,(H,26,27,28). The summed E-state index contributed by atoms with van der Waals surface area (Å²) in [5.74, 6) is -1.24. The van der Waals surface area contributed by atoms with Crippen molar-refractivity contribution in [3.63, 3.8) is 0 Å². The number of hydrogen-bond acceptors (Lipinski definition) is 5. The number of carbonyl (C=O) groups excluding carboxylic acids is 1. The predicted molar refractivity (Wildman–Crippen MR) is 111 cm³/mol. The quantitative estimate of drug-likeness (QED) is 0.518. The Morgan fingerprint density at radius 3 is 2.59 bits per heavy atom. The van der Waals surface area contributed by atoms with Crippen molar-refractivity contribution in [2.75, 3.05) is 5.32 Å². The number of nitrogens with zero attached hydrogens (tertiary/aromatic N) is 3. The van der Waals surface area contributed by atoms with Gasteiger partial charge in [0.1, 0.15) is 5.82 Å². The first kappa shape index (κ1) is 18.9. The number of carbonyl (C=O) groups is 1. The highest BCUT2D eigenvalue weighted by Gasteiger charge is 2.24. The van der Waals surface area contributed by atoms with Gasteiger partial charge in [-0.05, 0) is 47.9 Å². The molecule has 1 unspecified atom stereocenters. The molecule has 1 N–H and O–H groups in total. The molecule has 0 saturated carbocycles. The van der Waals surface area contributed by atoms with Crippen molar-refractivity contribution in [3.8, 4) is 10.4 Å². The number of rotatable bonds is 5. The average Bonchev–Trinajstić information content (AvgIpc) is 3.19. The molecule has 3 aromatic heterocycles. The first-order chi connectivity index (χ1) is 14.1. The second-order valence-corrected chi connectivity index (χ2v) is 7.57. The van der Waals surface area contributed by atoms with Crippen LogP contribution in [0.15, 0.2) is 73.4 Å². The van der Waals surface area contributed by atoms with Crippen molar-refractivity contribution < 1.29 is 9.18 Å². The molecule has 1 amide bonds. The van der Waals surface area contributed by atoms with Crippen LogP contribution in [0.2, 0.25) is 0 Å². The molecule has 4 rings (SSSR count). The van der Waals surface area contributed by atoms with Crippen LogP contribution in [-0.4, -0.2) is 20.9 Å². The maximum atomic E-state index is 13.4. The lowest BCUT2D eigenvalue weighted by molar-refractivity contribution is -0.116. The molecule has 0 saturated heterocycles. The van der Waals surface area contributed by atoms with Crippen LogP contribution in [0.3, 0.4) is 0 Å². The number of halogens is 1. The molecule has 0 fully saturated rings. The molecular formula is C22H17FN4OS. The number of nitrogens with one attached hydrogen (secondary N) is 1. The van der Waals surface area contributed by atoms with Gasteiger partial charge in [0.2, 0.25) is 5.91 Å². The Labute approximate surface area is 171 Å². The smallest absolute Gasteiger partial charge is 0.238 e. The molecule has 0 bridgehead atoms. The van der Waals surface area contributed by atoms with E-state index in [-0.39, 0.29) is 11.7 Å². The maximum absolute atomic E-state index is 13.4. The van der Waals surface area contributed by atoms with Gasteiger partial charge in [0, 0.05) is 36.5 Å². The van der Waals surface area contributed by atoms with Crippen LogP contribution in [0.1, 0.15) is 22.6 Å². The van der Waals surface area contributed by atoms with Crippen LogP contribution < -0.4 is 5.32 Å². The van der Waals surface area contributed by atoms with E-state index in [0.29, 0.717) is 10.7 Å². The fourth-order valence-electron chi connectivity index (χ4n) is 3.03. The van der Waals surface area contributed by atoms with Crippen molar-refractivity contribution in [2.24, 2.45) is 0 Å². The fraction of sp³-hybridized carbons (Fsp3) is 0.0909. The second-order valence-electron chi connectivity index (χ2n) is 6.54. The zero-order valence-corrected chi connectivity index (χ0v) is 16.4. The molecule has 0 spiro atoms. The third-order valence-corrected chi connectivity index (χ3v) is 5.34. The van der Waals surface area contributed by atoms with Crippen molar-refractivity contribution in [2.45, 2.75) is 12.8 Å². The number of thiazole rings is 1. The summed E-state index contributed by atoms with van der Waals surface area (Å²) >= 11 is 1.37. The molecule has 0 aliphatic rings. The summed E-state index contributed by atoms with van der Waals surface area (Å²) < 4.78 is 13.4. The monoisotopic (exact) mass is 404 g/mol. The minimum atomic E-state index is -0.628. The minimum Gasteiger partial charge on any atom is -0.301 e. The van der Waals surface area contributed by atoms with Crippen LogP contribution in [0.5, 0.6) is 0 Å². The zero-order chi connectivity index (χ0) is 20.2. The lowest BCUT2D eigenvalue weighted by atomic mass is 9.91. The largest absolute Gasteiger partial charge is 0.301 e. The molecule has 1 atom stereocenters. The van der Waals surface area contributed by atoms with Crippen LogP contribution in [-0.2, 0) is 4.79 Å². The third kappa shape index (κ3) is 4.35. The van der Waals surface area contributed by atoms with E-state index in [0.717, 1.165) is 21.6 Å². The molecule has 144 valence electrons. The first-order valence-corrected chi connectivity index (χ1v) is 9.76. The number of hydrogen-bond donors (Lipinski definition) is 1. The Kier molecular flexibility index (Phi) is 5.39. The highest BCUT2D eigenvalue weighted by atomic mass is 32.1. The zero-order valence-electron chi connectivity index (χ0n) is 15.5. The lowest BCUT2D eigenvalue weighted by Gasteiger charge is -2.16. The third-order valence-electron chi connectivity index (χ3n) is 4.38. The van der Waals surface area contributed by atoms with Crippen molar-refractivity contribution in [1.82, 2.24) is 15.0 Å². The van der Waals surface area contributed by atoms with Crippen molar-refractivity contribution >= 4 is 22.4 Å². The van der Waals surface area contributed by atoms with E-state index in [1.165, 1.54) is 23.5 Å². The Balaban J connectivity index is 1.61. The lowest BCUT2D eigenvalue weighted by Crippen LogP contribution is -2.22. The number of amides is 1. The van der Waals surface area contributed by atoms with Gasteiger partial charge in [-0.1, -0.05) is 29.5 Å². The summed E-state index contributed by atoms with van der Waals surface area (Å²) in [6, 6.07) is 11.5. The summed E-state index contributed by atoms with van der Waals surface area (Å²) in [4.78, 5) is 26.7. The molecule has 29 heavy (non-hydrogen) atoms. The SMILES string of the molecule is Cc1cncc(-c2cnc(NC(=O)C(c3ccc(F)cc3)c3cccnc3)s2)c1. The Morgan fingerprint density at radius 2 is 1.86 bits per heavy atom.